The van der Waals surface area contributed by atoms with Crippen molar-refractivity contribution >= 4 is 11.8 Å². The lowest BCUT2D eigenvalue weighted by Crippen LogP contribution is -2.57. The van der Waals surface area contributed by atoms with Crippen LogP contribution in [0.1, 0.15) is 19.8 Å². The topological polar surface area (TPSA) is 49.9 Å². The Morgan fingerprint density at radius 2 is 2.28 bits per heavy atom. The molecule has 2 rings (SSSR count). The van der Waals surface area contributed by atoms with E-state index >= 15 is 0 Å². The van der Waals surface area contributed by atoms with Gasteiger partial charge in [-0.05, 0) is 19.8 Å². The first-order valence-electron chi connectivity index (χ1n) is 6.40. The number of nitrogens with zero attached hydrogens (tertiary/aromatic N) is 2. The van der Waals surface area contributed by atoms with Gasteiger partial charge in [-0.25, -0.2) is 0 Å². The van der Waals surface area contributed by atoms with Gasteiger partial charge in [0.2, 0.25) is 11.8 Å². The highest BCUT2D eigenvalue weighted by Gasteiger charge is 2.41. The first-order valence-corrected chi connectivity index (χ1v) is 6.40. The Labute approximate surface area is 107 Å². The number of carbonyl (C=O) groups is 2. The van der Waals surface area contributed by atoms with Gasteiger partial charge in [-0.15, -0.1) is 0 Å². The van der Waals surface area contributed by atoms with Crippen molar-refractivity contribution in [1.29, 1.82) is 0 Å². The van der Waals surface area contributed by atoms with Gasteiger partial charge in [-0.3, -0.25) is 9.59 Å². The minimum Gasteiger partial charge on any atom is -0.375 e. The number of ether oxygens (including phenoxy) is 1. The molecule has 0 bridgehead atoms. The van der Waals surface area contributed by atoms with Crippen molar-refractivity contribution in [1.82, 2.24) is 9.80 Å². The van der Waals surface area contributed by atoms with Gasteiger partial charge < -0.3 is 14.5 Å². The maximum Gasteiger partial charge on any atom is 0.245 e. The number of hydrogen-bond acceptors (Lipinski definition) is 3. The van der Waals surface area contributed by atoms with E-state index < -0.39 is 0 Å². The van der Waals surface area contributed by atoms with Gasteiger partial charge in [0.15, 0.2) is 0 Å². The van der Waals surface area contributed by atoms with Crippen LogP contribution in [0.25, 0.3) is 0 Å². The maximum absolute atomic E-state index is 12.1. The van der Waals surface area contributed by atoms with Crippen LogP contribution in [0.5, 0.6) is 0 Å². The average molecular weight is 252 g/mol. The quantitative estimate of drug-likeness (QED) is 0.526. The van der Waals surface area contributed by atoms with Gasteiger partial charge in [0, 0.05) is 13.1 Å². The molecule has 5 heteroatoms. The molecular weight excluding hydrogens is 232 g/mol. The summed E-state index contributed by atoms with van der Waals surface area (Å²) in [5.41, 5.74) is 0.956. The molecule has 0 radical (unpaired) electrons. The van der Waals surface area contributed by atoms with Crippen molar-refractivity contribution in [3.05, 3.63) is 12.2 Å². The molecule has 100 valence electrons. The summed E-state index contributed by atoms with van der Waals surface area (Å²) >= 11 is 0. The van der Waals surface area contributed by atoms with E-state index in [1.165, 1.54) is 0 Å². The summed E-state index contributed by atoms with van der Waals surface area (Å²) < 4.78 is 5.37. The van der Waals surface area contributed by atoms with Crippen molar-refractivity contribution in [2.24, 2.45) is 0 Å². The summed E-state index contributed by atoms with van der Waals surface area (Å²) in [7, 11) is 0. The van der Waals surface area contributed by atoms with Crippen molar-refractivity contribution in [2.45, 2.75) is 25.8 Å². The Bertz CT molecular complexity index is 367. The summed E-state index contributed by atoms with van der Waals surface area (Å²) in [6.45, 7) is 8.02. The average Bonchev–Trinajstić information content (AvgIpc) is 2.80. The van der Waals surface area contributed by atoms with Gasteiger partial charge in [0.05, 0.1) is 19.8 Å². The number of hydrogen-bond donors (Lipinski definition) is 0. The normalized spacial score (nSPS) is 23.5. The molecule has 2 aliphatic heterocycles. The van der Waals surface area contributed by atoms with Gasteiger partial charge in [-0.2, -0.15) is 0 Å². The molecule has 2 heterocycles. The fourth-order valence-electron chi connectivity index (χ4n) is 2.48. The van der Waals surface area contributed by atoms with E-state index in [9.17, 15) is 9.59 Å². The molecule has 2 fully saturated rings. The van der Waals surface area contributed by atoms with Crippen LogP contribution >= 0.6 is 0 Å². The maximum atomic E-state index is 12.1. The van der Waals surface area contributed by atoms with E-state index in [0.29, 0.717) is 19.8 Å². The van der Waals surface area contributed by atoms with Crippen molar-refractivity contribution < 1.29 is 14.3 Å². The summed E-state index contributed by atoms with van der Waals surface area (Å²) in [5, 5.41) is 0. The van der Waals surface area contributed by atoms with E-state index in [2.05, 4.69) is 6.58 Å². The highest BCUT2D eigenvalue weighted by atomic mass is 16.5. The molecule has 2 saturated heterocycles. The molecule has 0 N–H and O–H groups in total. The number of rotatable bonds is 5. The zero-order valence-electron chi connectivity index (χ0n) is 10.9. The SMILES string of the molecule is C=C(C)COCCN1CC(=O)N2CCCC2C1=O. The first kappa shape index (κ1) is 13.1. The minimum atomic E-state index is -0.215. The van der Waals surface area contributed by atoms with Gasteiger partial charge in [0.25, 0.3) is 0 Å². The second kappa shape index (κ2) is 5.52. The van der Waals surface area contributed by atoms with Gasteiger partial charge in [-0.1, -0.05) is 12.2 Å². The minimum absolute atomic E-state index is 0.0667. The van der Waals surface area contributed by atoms with E-state index in [4.69, 9.17) is 4.74 Å². The number of carbonyl (C=O) groups excluding carboxylic acids is 2. The Kier molecular flexibility index (Phi) is 4.01. The molecule has 0 aromatic rings. The van der Waals surface area contributed by atoms with E-state index in [0.717, 1.165) is 25.0 Å². The van der Waals surface area contributed by atoms with E-state index in [1.807, 2.05) is 6.92 Å². The Morgan fingerprint density at radius 3 is 3.00 bits per heavy atom. The van der Waals surface area contributed by atoms with Crippen LogP contribution in [-0.2, 0) is 14.3 Å². The third-order valence-electron chi connectivity index (χ3n) is 3.35. The Hall–Kier alpha value is -1.36. The number of fused-ring (bicyclic) bond motifs is 1. The Balaban J connectivity index is 1.84. The third-order valence-corrected chi connectivity index (χ3v) is 3.35. The van der Waals surface area contributed by atoms with Crippen LogP contribution in [0, 0.1) is 0 Å². The monoisotopic (exact) mass is 252 g/mol. The van der Waals surface area contributed by atoms with Crippen molar-refractivity contribution in [3.8, 4) is 0 Å². The van der Waals surface area contributed by atoms with Crippen LogP contribution in [0.4, 0.5) is 0 Å². The van der Waals surface area contributed by atoms with Crippen LogP contribution < -0.4 is 0 Å². The molecular formula is C13H20N2O3. The lowest BCUT2D eigenvalue weighted by Gasteiger charge is -2.36. The molecule has 0 aromatic heterocycles. The van der Waals surface area contributed by atoms with E-state index in [1.54, 1.807) is 9.80 Å². The second-order valence-corrected chi connectivity index (χ2v) is 5.01. The summed E-state index contributed by atoms with van der Waals surface area (Å²) in [6.07, 6.45) is 1.73. The smallest absolute Gasteiger partial charge is 0.245 e. The second-order valence-electron chi connectivity index (χ2n) is 5.01. The molecule has 18 heavy (non-hydrogen) atoms. The van der Waals surface area contributed by atoms with Crippen LogP contribution in [-0.4, -0.2) is 60.5 Å². The Morgan fingerprint density at radius 1 is 1.50 bits per heavy atom. The molecule has 2 aliphatic rings. The predicted molar refractivity (Wildman–Crippen MR) is 66.9 cm³/mol. The fourth-order valence-corrected chi connectivity index (χ4v) is 2.48. The van der Waals surface area contributed by atoms with Gasteiger partial charge >= 0.3 is 0 Å². The highest BCUT2D eigenvalue weighted by molar-refractivity contribution is 5.95. The van der Waals surface area contributed by atoms with Gasteiger partial charge in [0.1, 0.15) is 6.04 Å². The largest absolute Gasteiger partial charge is 0.375 e. The van der Waals surface area contributed by atoms with Crippen LogP contribution in [0.3, 0.4) is 0 Å². The molecule has 5 nitrogen and oxygen atoms in total. The standard InChI is InChI=1S/C13H20N2O3/c1-10(2)9-18-7-6-14-8-12(16)15-5-3-4-11(15)13(14)17/h11H,1,3-9H2,2H3. The lowest BCUT2D eigenvalue weighted by atomic mass is 10.1. The molecule has 1 unspecified atom stereocenters. The molecule has 0 aliphatic carbocycles. The van der Waals surface area contributed by atoms with Crippen molar-refractivity contribution in [3.63, 3.8) is 0 Å². The summed E-state index contributed by atoms with van der Waals surface area (Å²) in [6, 6.07) is -0.215. The zero-order valence-corrected chi connectivity index (χ0v) is 10.9. The van der Waals surface area contributed by atoms with Crippen molar-refractivity contribution in [2.75, 3.05) is 32.8 Å². The molecule has 1 atom stereocenters. The third kappa shape index (κ3) is 2.72. The molecule has 0 saturated carbocycles. The number of amides is 2. The first-order chi connectivity index (χ1) is 8.59. The fraction of sp³-hybridized carbons (Fsp3) is 0.692. The zero-order chi connectivity index (χ0) is 13.1. The molecule has 2 amide bonds. The molecule has 0 spiro atoms. The summed E-state index contributed by atoms with van der Waals surface area (Å²) in [4.78, 5) is 27.3. The van der Waals surface area contributed by atoms with E-state index in [-0.39, 0.29) is 24.4 Å². The lowest BCUT2D eigenvalue weighted by molar-refractivity contribution is -0.154. The van der Waals surface area contributed by atoms with Crippen LogP contribution in [0.2, 0.25) is 0 Å². The highest BCUT2D eigenvalue weighted by Crippen LogP contribution is 2.23. The summed E-state index contributed by atoms with van der Waals surface area (Å²) in [5.74, 6) is 0.142. The molecule has 0 aromatic carbocycles. The number of piperazine rings is 1. The predicted octanol–water partition coefficient (Wildman–Crippen LogP) is 0.412. The van der Waals surface area contributed by atoms with Crippen LogP contribution in [0.15, 0.2) is 12.2 Å².